The van der Waals surface area contributed by atoms with E-state index in [1.54, 1.807) is 11.3 Å². The summed E-state index contributed by atoms with van der Waals surface area (Å²) >= 11 is 1.60. The molecule has 38 heavy (non-hydrogen) atoms. The number of aromatic nitrogens is 2. The first kappa shape index (κ1) is 25.0. The minimum absolute atomic E-state index is 0.0527. The maximum Gasteiger partial charge on any atom is 0.241 e. The zero-order chi connectivity index (χ0) is 25.7. The second kappa shape index (κ2) is 11.6. The van der Waals surface area contributed by atoms with E-state index in [1.165, 1.54) is 16.7 Å². The highest BCUT2D eigenvalue weighted by molar-refractivity contribution is 7.13. The van der Waals surface area contributed by atoms with E-state index in [2.05, 4.69) is 73.8 Å². The Balaban J connectivity index is 0.926. The van der Waals surface area contributed by atoms with E-state index in [-0.39, 0.29) is 11.8 Å². The molecule has 0 spiro atoms. The number of hydrogen-bond acceptors (Lipinski definition) is 7. The molecule has 1 amide bonds. The lowest BCUT2D eigenvalue weighted by atomic mass is 9.96. The van der Waals surface area contributed by atoms with Gasteiger partial charge >= 0.3 is 0 Å². The van der Waals surface area contributed by atoms with Crippen LogP contribution >= 0.6 is 11.3 Å². The molecular formula is C30H33N5O2S. The topological polar surface area (TPSA) is 74.5 Å². The van der Waals surface area contributed by atoms with Crippen molar-refractivity contribution in [1.82, 2.24) is 25.3 Å². The number of piperidine rings is 1. The number of fused-ring (bicyclic) bond motifs is 1. The number of benzene rings is 2. The van der Waals surface area contributed by atoms with E-state index in [4.69, 9.17) is 4.52 Å². The van der Waals surface area contributed by atoms with Gasteiger partial charge in [-0.15, -0.1) is 11.3 Å². The molecule has 0 radical (unpaired) electrons. The Hall–Kier alpha value is -3.33. The lowest BCUT2D eigenvalue weighted by Crippen LogP contribution is -2.40. The molecule has 2 aliphatic rings. The molecule has 0 atom stereocenters. The van der Waals surface area contributed by atoms with Crippen LogP contribution in [0.3, 0.4) is 0 Å². The Bertz CT molecular complexity index is 1340. The fraction of sp³-hybridized carbons (Fsp3) is 0.367. The summed E-state index contributed by atoms with van der Waals surface area (Å²) in [6, 6.07) is 21.4. The van der Waals surface area contributed by atoms with Crippen molar-refractivity contribution in [2.24, 2.45) is 5.92 Å². The van der Waals surface area contributed by atoms with Gasteiger partial charge in [0.05, 0.1) is 11.4 Å². The Kier molecular flexibility index (Phi) is 7.62. The van der Waals surface area contributed by atoms with Gasteiger partial charge in [0, 0.05) is 32.1 Å². The lowest BCUT2D eigenvalue weighted by Gasteiger charge is -2.30. The van der Waals surface area contributed by atoms with Crippen molar-refractivity contribution in [3.63, 3.8) is 0 Å². The molecule has 1 fully saturated rings. The first-order chi connectivity index (χ1) is 18.7. The van der Waals surface area contributed by atoms with Gasteiger partial charge in [-0.1, -0.05) is 59.8 Å². The van der Waals surface area contributed by atoms with Gasteiger partial charge in [0.25, 0.3) is 0 Å². The first-order valence-corrected chi connectivity index (χ1v) is 14.3. The number of hydrogen-bond donors (Lipinski definition) is 1. The largest absolute Gasteiger partial charge is 0.352 e. The second-order valence-corrected chi connectivity index (χ2v) is 11.3. The van der Waals surface area contributed by atoms with E-state index in [0.29, 0.717) is 24.8 Å². The lowest BCUT2D eigenvalue weighted by molar-refractivity contribution is -0.126. The van der Waals surface area contributed by atoms with E-state index in [9.17, 15) is 4.79 Å². The highest BCUT2D eigenvalue weighted by Crippen LogP contribution is 2.24. The van der Waals surface area contributed by atoms with Crippen molar-refractivity contribution in [2.75, 3.05) is 19.6 Å². The predicted octanol–water partition coefficient (Wildman–Crippen LogP) is 4.88. The molecule has 196 valence electrons. The average Bonchev–Trinajstić information content (AvgIpc) is 3.66. The third-order valence-corrected chi connectivity index (χ3v) is 8.50. The van der Waals surface area contributed by atoms with Crippen LogP contribution in [0.5, 0.6) is 0 Å². The molecule has 4 aromatic rings. The van der Waals surface area contributed by atoms with Gasteiger partial charge < -0.3 is 9.84 Å². The summed E-state index contributed by atoms with van der Waals surface area (Å²) < 4.78 is 5.44. The predicted molar refractivity (Wildman–Crippen MR) is 148 cm³/mol. The number of rotatable bonds is 8. The van der Waals surface area contributed by atoms with Gasteiger partial charge in [-0.3, -0.25) is 14.6 Å². The third-order valence-electron chi connectivity index (χ3n) is 7.63. The molecule has 2 aromatic carbocycles. The van der Waals surface area contributed by atoms with Crippen molar-refractivity contribution in [1.29, 1.82) is 0 Å². The third kappa shape index (κ3) is 6.04. The summed E-state index contributed by atoms with van der Waals surface area (Å²) in [5.74, 6) is 1.48. The summed E-state index contributed by atoms with van der Waals surface area (Å²) in [4.78, 5) is 23.2. The fourth-order valence-corrected chi connectivity index (χ4v) is 6.06. The van der Waals surface area contributed by atoms with Crippen LogP contribution in [0.4, 0.5) is 0 Å². The van der Waals surface area contributed by atoms with Crippen LogP contribution in [-0.2, 0) is 37.4 Å². The average molecular weight is 528 g/mol. The van der Waals surface area contributed by atoms with Crippen LogP contribution in [0.25, 0.3) is 10.7 Å². The standard InChI is InChI=1S/C30H33N5O2S/c36-30(25-12-14-34(15-13-25)21-28-32-29(33-37-28)27-6-3-17-38-27)31-18-22-7-9-23(10-8-22)19-35-16-11-24-4-1-2-5-26(24)20-35/h1-10,17,25H,11-16,18-21H2,(H,31,36). The highest BCUT2D eigenvalue weighted by Gasteiger charge is 2.26. The number of carbonyl (C=O) groups excluding carboxylic acids is 1. The molecule has 0 aliphatic carbocycles. The summed E-state index contributed by atoms with van der Waals surface area (Å²) in [5.41, 5.74) is 5.38. The molecule has 6 rings (SSSR count). The fourth-order valence-electron chi connectivity index (χ4n) is 5.41. The smallest absolute Gasteiger partial charge is 0.241 e. The summed E-state index contributed by atoms with van der Waals surface area (Å²) in [6.07, 6.45) is 2.80. The van der Waals surface area contributed by atoms with Crippen molar-refractivity contribution in [3.05, 3.63) is 94.2 Å². The second-order valence-electron chi connectivity index (χ2n) is 10.3. The SMILES string of the molecule is O=C(NCc1ccc(CN2CCc3ccccc3C2)cc1)C1CCN(Cc2nc(-c3cccs3)no2)CC1. The molecule has 1 saturated heterocycles. The summed E-state index contributed by atoms with van der Waals surface area (Å²) in [6.45, 7) is 5.97. The normalized spacial score (nSPS) is 16.8. The van der Waals surface area contributed by atoms with Crippen molar-refractivity contribution >= 4 is 17.2 Å². The maximum absolute atomic E-state index is 12.8. The zero-order valence-corrected chi connectivity index (χ0v) is 22.3. The van der Waals surface area contributed by atoms with Gasteiger partial charge in [-0.2, -0.15) is 4.98 Å². The number of thiophene rings is 1. The van der Waals surface area contributed by atoms with E-state index in [0.717, 1.165) is 62.4 Å². The van der Waals surface area contributed by atoms with Crippen LogP contribution in [0.15, 0.2) is 70.6 Å². The molecule has 0 unspecified atom stereocenters. The summed E-state index contributed by atoms with van der Waals surface area (Å²) in [7, 11) is 0. The van der Waals surface area contributed by atoms with Crippen molar-refractivity contribution in [2.45, 2.75) is 45.4 Å². The van der Waals surface area contributed by atoms with Crippen LogP contribution < -0.4 is 5.32 Å². The molecule has 1 N–H and O–H groups in total. The van der Waals surface area contributed by atoms with Gasteiger partial charge in [-0.25, -0.2) is 0 Å². The molecule has 2 aromatic heterocycles. The first-order valence-electron chi connectivity index (χ1n) is 13.4. The molecule has 8 heteroatoms. The Labute approximate surface area is 227 Å². The summed E-state index contributed by atoms with van der Waals surface area (Å²) in [5, 5.41) is 9.26. The van der Waals surface area contributed by atoms with Crippen molar-refractivity contribution in [3.8, 4) is 10.7 Å². The maximum atomic E-state index is 12.8. The zero-order valence-electron chi connectivity index (χ0n) is 21.5. The number of likely N-dealkylation sites (tertiary alicyclic amines) is 1. The van der Waals surface area contributed by atoms with E-state index >= 15 is 0 Å². The van der Waals surface area contributed by atoms with Gasteiger partial charge in [0.15, 0.2) is 0 Å². The minimum Gasteiger partial charge on any atom is -0.352 e. The number of nitrogens with one attached hydrogen (secondary N) is 1. The van der Waals surface area contributed by atoms with Gasteiger partial charge in [-0.05, 0) is 66.1 Å². The van der Waals surface area contributed by atoms with E-state index < -0.39 is 0 Å². The molecule has 7 nitrogen and oxygen atoms in total. The van der Waals surface area contributed by atoms with Crippen LogP contribution in [0, 0.1) is 5.92 Å². The van der Waals surface area contributed by atoms with Crippen molar-refractivity contribution < 1.29 is 9.32 Å². The Morgan fingerprint density at radius 3 is 2.50 bits per heavy atom. The van der Waals surface area contributed by atoms with Gasteiger partial charge in [0.1, 0.15) is 0 Å². The van der Waals surface area contributed by atoms with E-state index in [1.807, 2.05) is 17.5 Å². The highest BCUT2D eigenvalue weighted by atomic mass is 32.1. The Morgan fingerprint density at radius 2 is 1.71 bits per heavy atom. The Morgan fingerprint density at radius 1 is 0.921 bits per heavy atom. The monoisotopic (exact) mass is 527 g/mol. The molecule has 4 heterocycles. The quantitative estimate of drug-likeness (QED) is 0.352. The molecule has 2 aliphatic heterocycles. The molecule has 0 saturated carbocycles. The van der Waals surface area contributed by atoms with Crippen LogP contribution in [0.2, 0.25) is 0 Å². The van der Waals surface area contributed by atoms with Crippen LogP contribution in [-0.4, -0.2) is 45.5 Å². The van der Waals surface area contributed by atoms with Gasteiger partial charge in [0.2, 0.25) is 17.6 Å². The number of carbonyl (C=O) groups is 1. The number of amides is 1. The minimum atomic E-state index is 0.0527. The molecule has 0 bridgehead atoms. The molecular weight excluding hydrogens is 494 g/mol. The van der Waals surface area contributed by atoms with Crippen LogP contribution in [0.1, 0.15) is 41.0 Å². The number of nitrogens with zero attached hydrogens (tertiary/aromatic N) is 4.